The summed E-state index contributed by atoms with van der Waals surface area (Å²) in [5.74, 6) is 1.09. The van der Waals surface area contributed by atoms with E-state index < -0.39 is 12.2 Å². The van der Waals surface area contributed by atoms with Gasteiger partial charge in [-0.05, 0) is 40.0 Å². The lowest BCUT2D eigenvalue weighted by atomic mass is 10.0. The topological polar surface area (TPSA) is 66.8 Å². The van der Waals surface area contributed by atoms with E-state index in [-0.39, 0.29) is 5.12 Å². The number of hydrogen-bond donors (Lipinski definition) is 2. The first kappa shape index (κ1) is 16.5. The van der Waals surface area contributed by atoms with E-state index in [4.69, 9.17) is 4.74 Å². The van der Waals surface area contributed by atoms with Gasteiger partial charge in [-0.25, -0.2) is 0 Å². The van der Waals surface area contributed by atoms with Crippen molar-refractivity contribution in [1.29, 1.82) is 0 Å². The number of aliphatic hydroxyl groups is 2. The number of methoxy groups -OCH3 is 1. The summed E-state index contributed by atoms with van der Waals surface area (Å²) in [5, 5.41) is 19.9. The van der Waals surface area contributed by atoms with Gasteiger partial charge in [0.15, 0.2) is 5.12 Å². The summed E-state index contributed by atoms with van der Waals surface area (Å²) < 4.78 is 5.92. The van der Waals surface area contributed by atoms with Crippen LogP contribution >= 0.6 is 27.7 Å². The lowest BCUT2D eigenvalue weighted by molar-refractivity contribution is -0.109. The summed E-state index contributed by atoms with van der Waals surface area (Å²) >= 11 is 4.46. The number of aliphatic hydroxyl groups excluding tert-OH is 2. The quantitative estimate of drug-likeness (QED) is 0.826. The van der Waals surface area contributed by atoms with Crippen LogP contribution in [0.3, 0.4) is 0 Å². The summed E-state index contributed by atoms with van der Waals surface area (Å²) in [7, 11) is 1.54. The molecule has 2 atom stereocenters. The van der Waals surface area contributed by atoms with Gasteiger partial charge < -0.3 is 14.9 Å². The molecule has 0 saturated carbocycles. The number of rotatable bonds is 6. The first-order valence-corrected chi connectivity index (χ1v) is 7.56. The number of thioether (sulfide) groups is 1. The van der Waals surface area contributed by atoms with Gasteiger partial charge in [0, 0.05) is 12.7 Å². The highest BCUT2D eigenvalue weighted by atomic mass is 79.9. The van der Waals surface area contributed by atoms with Crippen LogP contribution in [0.2, 0.25) is 0 Å². The van der Waals surface area contributed by atoms with Crippen LogP contribution < -0.4 is 4.74 Å². The molecule has 6 heteroatoms. The van der Waals surface area contributed by atoms with Gasteiger partial charge in [-0.2, -0.15) is 0 Å². The number of benzene rings is 1. The number of halogens is 1. The monoisotopic (exact) mass is 348 g/mol. The smallest absolute Gasteiger partial charge is 0.185 e. The Morgan fingerprint density at radius 2 is 2.16 bits per heavy atom. The molecule has 0 heterocycles. The van der Waals surface area contributed by atoms with Crippen LogP contribution in [0.4, 0.5) is 0 Å². The number of ether oxygens (including phenoxy) is 1. The second-order valence-electron chi connectivity index (χ2n) is 4.03. The fourth-order valence-electron chi connectivity index (χ4n) is 1.56. The standard InChI is InChI=1S/C13H17BrO4S/c1-8(15)19-6-5-11(16)13(17)9-3-4-10(14)12(7-9)18-2/h3-4,7,11,13,16-17H,5-6H2,1-2H3. The number of carbonyl (C=O) groups is 1. The molecule has 0 aliphatic heterocycles. The maximum atomic E-state index is 10.8. The largest absolute Gasteiger partial charge is 0.496 e. The van der Waals surface area contributed by atoms with Crippen LogP contribution in [0.5, 0.6) is 5.75 Å². The molecule has 0 radical (unpaired) electrons. The predicted octanol–water partition coefficient (Wildman–Crippen LogP) is 2.52. The van der Waals surface area contributed by atoms with Gasteiger partial charge >= 0.3 is 0 Å². The fourth-order valence-corrected chi connectivity index (χ4v) is 2.62. The summed E-state index contributed by atoms with van der Waals surface area (Å²) in [5.41, 5.74) is 0.584. The van der Waals surface area contributed by atoms with Crippen molar-refractivity contribution in [1.82, 2.24) is 0 Å². The highest BCUT2D eigenvalue weighted by Gasteiger charge is 2.19. The lowest BCUT2D eigenvalue weighted by Gasteiger charge is -2.18. The minimum atomic E-state index is -0.991. The zero-order valence-electron chi connectivity index (χ0n) is 10.8. The Balaban J connectivity index is 2.65. The van der Waals surface area contributed by atoms with Gasteiger partial charge in [-0.3, -0.25) is 4.79 Å². The minimum Gasteiger partial charge on any atom is -0.496 e. The highest BCUT2D eigenvalue weighted by Crippen LogP contribution is 2.30. The van der Waals surface area contributed by atoms with Crippen molar-refractivity contribution in [3.05, 3.63) is 28.2 Å². The number of carbonyl (C=O) groups excluding carboxylic acids is 1. The molecular weight excluding hydrogens is 332 g/mol. The van der Waals surface area contributed by atoms with Gasteiger partial charge in [0.1, 0.15) is 11.9 Å². The van der Waals surface area contributed by atoms with E-state index in [0.717, 1.165) is 16.2 Å². The molecule has 1 rings (SSSR count). The summed E-state index contributed by atoms with van der Waals surface area (Å²) in [6.45, 7) is 1.48. The molecule has 2 N–H and O–H groups in total. The SMILES string of the molecule is COc1cc(C(O)C(O)CCSC(C)=O)ccc1Br. The van der Waals surface area contributed by atoms with Crippen LogP contribution in [0.25, 0.3) is 0 Å². The van der Waals surface area contributed by atoms with Crippen LogP contribution in [-0.2, 0) is 4.79 Å². The van der Waals surface area contributed by atoms with E-state index >= 15 is 0 Å². The van der Waals surface area contributed by atoms with Gasteiger partial charge in [0.25, 0.3) is 0 Å². The minimum absolute atomic E-state index is 0.00648. The molecule has 1 aromatic carbocycles. The van der Waals surface area contributed by atoms with Crippen molar-refractivity contribution in [3.8, 4) is 5.75 Å². The highest BCUT2D eigenvalue weighted by molar-refractivity contribution is 9.10. The van der Waals surface area contributed by atoms with Crippen LogP contribution in [-0.4, -0.2) is 34.3 Å². The number of hydrogen-bond acceptors (Lipinski definition) is 5. The molecule has 1 aromatic rings. The van der Waals surface area contributed by atoms with E-state index in [2.05, 4.69) is 15.9 Å². The van der Waals surface area contributed by atoms with Crippen LogP contribution in [0.15, 0.2) is 22.7 Å². The van der Waals surface area contributed by atoms with Crippen LogP contribution in [0, 0.1) is 0 Å². The van der Waals surface area contributed by atoms with Gasteiger partial charge in [0.2, 0.25) is 0 Å². The maximum Gasteiger partial charge on any atom is 0.185 e. The zero-order chi connectivity index (χ0) is 14.4. The molecule has 0 fully saturated rings. The third-order valence-electron chi connectivity index (χ3n) is 2.60. The van der Waals surface area contributed by atoms with Crippen molar-refractivity contribution in [2.45, 2.75) is 25.6 Å². The zero-order valence-corrected chi connectivity index (χ0v) is 13.2. The molecule has 0 spiro atoms. The first-order chi connectivity index (χ1) is 8.95. The third kappa shape index (κ3) is 5.14. The summed E-state index contributed by atoms with van der Waals surface area (Å²) in [6.07, 6.45) is -1.55. The second-order valence-corrected chi connectivity index (χ2v) is 6.16. The Morgan fingerprint density at radius 1 is 1.47 bits per heavy atom. The Morgan fingerprint density at radius 3 is 2.74 bits per heavy atom. The van der Waals surface area contributed by atoms with E-state index in [1.165, 1.54) is 14.0 Å². The van der Waals surface area contributed by atoms with E-state index in [0.29, 0.717) is 23.5 Å². The van der Waals surface area contributed by atoms with Crippen molar-refractivity contribution < 1.29 is 19.7 Å². The Kier molecular flexibility index (Phi) is 6.85. The summed E-state index contributed by atoms with van der Waals surface area (Å²) in [4.78, 5) is 10.8. The molecule has 0 aromatic heterocycles. The van der Waals surface area contributed by atoms with Crippen molar-refractivity contribution in [2.75, 3.05) is 12.9 Å². The fraction of sp³-hybridized carbons (Fsp3) is 0.462. The molecule has 0 amide bonds. The molecule has 0 aliphatic carbocycles. The van der Waals surface area contributed by atoms with Crippen molar-refractivity contribution in [2.24, 2.45) is 0 Å². The van der Waals surface area contributed by atoms with Gasteiger partial charge in [-0.1, -0.05) is 17.8 Å². The van der Waals surface area contributed by atoms with Gasteiger partial charge in [-0.15, -0.1) is 0 Å². The lowest BCUT2D eigenvalue weighted by Crippen LogP contribution is -2.19. The molecule has 19 heavy (non-hydrogen) atoms. The Hall–Kier alpha value is -0.560. The molecule has 0 saturated heterocycles. The Labute approximate surface area is 125 Å². The van der Waals surface area contributed by atoms with E-state index in [1.54, 1.807) is 18.2 Å². The molecular formula is C13H17BrO4S. The average molecular weight is 349 g/mol. The molecule has 106 valence electrons. The van der Waals surface area contributed by atoms with E-state index in [1.807, 2.05) is 0 Å². The third-order valence-corrected chi connectivity index (χ3v) is 4.10. The normalized spacial score (nSPS) is 13.9. The molecule has 0 aliphatic rings. The van der Waals surface area contributed by atoms with Crippen LogP contribution in [0.1, 0.15) is 25.0 Å². The maximum absolute atomic E-state index is 10.8. The average Bonchev–Trinajstić information content (AvgIpc) is 2.38. The molecule has 4 nitrogen and oxygen atoms in total. The molecule has 0 bridgehead atoms. The van der Waals surface area contributed by atoms with E-state index in [9.17, 15) is 15.0 Å². The predicted molar refractivity (Wildman–Crippen MR) is 79.4 cm³/mol. The van der Waals surface area contributed by atoms with Crippen molar-refractivity contribution in [3.63, 3.8) is 0 Å². The first-order valence-electron chi connectivity index (χ1n) is 5.78. The second kappa shape index (κ2) is 7.89. The summed E-state index contributed by atoms with van der Waals surface area (Å²) in [6, 6.07) is 5.16. The van der Waals surface area contributed by atoms with Gasteiger partial charge in [0.05, 0.1) is 17.7 Å². The van der Waals surface area contributed by atoms with Crippen molar-refractivity contribution >= 4 is 32.8 Å². The molecule has 2 unspecified atom stereocenters. The Bertz CT molecular complexity index is 439.